The van der Waals surface area contributed by atoms with E-state index in [4.69, 9.17) is 9.47 Å². The van der Waals surface area contributed by atoms with E-state index in [0.29, 0.717) is 0 Å². The van der Waals surface area contributed by atoms with E-state index in [9.17, 15) is 4.79 Å². The van der Waals surface area contributed by atoms with Crippen LogP contribution < -0.4 is 10.1 Å². The molecular weight excluding hydrogens is 404 g/mol. The van der Waals surface area contributed by atoms with Crippen LogP contribution in [0.5, 0.6) is 5.75 Å². The minimum atomic E-state index is -0.228. The van der Waals surface area contributed by atoms with Crippen molar-refractivity contribution < 1.29 is 14.3 Å². The molecular formula is C25H30N4O3. The lowest BCUT2D eigenvalue weighted by molar-refractivity contribution is -0.124. The van der Waals surface area contributed by atoms with Crippen LogP contribution in [-0.2, 0) is 9.53 Å². The highest BCUT2D eigenvalue weighted by Crippen LogP contribution is 2.31. The van der Waals surface area contributed by atoms with Gasteiger partial charge in [0, 0.05) is 11.3 Å². The lowest BCUT2D eigenvalue weighted by Gasteiger charge is -2.21. The molecule has 168 valence electrons. The van der Waals surface area contributed by atoms with Crippen LogP contribution in [0.3, 0.4) is 0 Å². The summed E-state index contributed by atoms with van der Waals surface area (Å²) in [5.41, 5.74) is 2.68. The quantitative estimate of drug-likeness (QED) is 0.555. The number of carbonyl (C=O) groups excluding carboxylic acids is 1. The van der Waals surface area contributed by atoms with Crippen molar-refractivity contribution >= 4 is 11.6 Å². The van der Waals surface area contributed by atoms with Gasteiger partial charge in [-0.2, -0.15) is 0 Å². The van der Waals surface area contributed by atoms with Gasteiger partial charge in [0.05, 0.1) is 37.5 Å². The van der Waals surface area contributed by atoms with Crippen molar-refractivity contribution in [1.29, 1.82) is 0 Å². The van der Waals surface area contributed by atoms with Crippen molar-refractivity contribution in [2.24, 2.45) is 5.92 Å². The molecule has 0 radical (unpaired) electrons. The van der Waals surface area contributed by atoms with Crippen LogP contribution in [0.1, 0.15) is 39.2 Å². The third kappa shape index (κ3) is 5.16. The first-order chi connectivity index (χ1) is 15.5. The van der Waals surface area contributed by atoms with Crippen molar-refractivity contribution in [2.45, 2.75) is 51.4 Å². The van der Waals surface area contributed by atoms with Crippen LogP contribution in [0, 0.1) is 5.92 Å². The van der Waals surface area contributed by atoms with Crippen LogP contribution >= 0.6 is 0 Å². The molecule has 0 unspecified atom stereocenters. The minimum Gasteiger partial charge on any atom is -0.497 e. The van der Waals surface area contributed by atoms with Gasteiger partial charge in [-0.15, -0.1) is 5.10 Å². The Balaban J connectivity index is 1.29. The number of nitrogens with one attached hydrogen (secondary N) is 1. The molecule has 0 bridgehead atoms. The number of aromatic nitrogens is 3. The average Bonchev–Trinajstić information content (AvgIpc) is 3.50. The van der Waals surface area contributed by atoms with Gasteiger partial charge < -0.3 is 14.8 Å². The molecule has 0 spiro atoms. The summed E-state index contributed by atoms with van der Waals surface area (Å²) in [5, 5.41) is 11.6. The topological polar surface area (TPSA) is 78.3 Å². The predicted molar refractivity (Wildman–Crippen MR) is 123 cm³/mol. The monoisotopic (exact) mass is 434 g/mol. The van der Waals surface area contributed by atoms with Gasteiger partial charge in [-0.3, -0.25) is 4.79 Å². The number of rotatable bonds is 8. The summed E-state index contributed by atoms with van der Waals surface area (Å²) in [4.78, 5) is 12.7. The lowest BCUT2D eigenvalue weighted by atomic mass is 10.00. The Morgan fingerprint density at radius 2 is 1.91 bits per heavy atom. The Bertz CT molecular complexity index is 1020. The van der Waals surface area contributed by atoms with E-state index in [0.717, 1.165) is 42.0 Å². The first-order valence-electron chi connectivity index (χ1n) is 11.1. The number of hydrogen-bond acceptors (Lipinski definition) is 5. The molecule has 32 heavy (non-hydrogen) atoms. The number of ether oxygens (including phenoxy) is 2. The van der Waals surface area contributed by atoms with Crippen LogP contribution in [0.15, 0.2) is 60.8 Å². The summed E-state index contributed by atoms with van der Waals surface area (Å²) >= 11 is 0. The number of benzene rings is 2. The van der Waals surface area contributed by atoms with Crippen molar-refractivity contribution in [3.8, 4) is 17.0 Å². The Hall–Kier alpha value is -3.19. The second-order valence-electron chi connectivity index (χ2n) is 8.41. The molecule has 1 amide bonds. The summed E-state index contributed by atoms with van der Waals surface area (Å²) in [6, 6.07) is 17.5. The summed E-state index contributed by atoms with van der Waals surface area (Å²) in [5.74, 6) is 0.501. The number of hydrogen-bond donors (Lipinski definition) is 1. The summed E-state index contributed by atoms with van der Waals surface area (Å²) in [6.07, 6.45) is 4.66. The summed E-state index contributed by atoms with van der Waals surface area (Å²) in [6.45, 7) is 4.05. The van der Waals surface area contributed by atoms with Crippen molar-refractivity contribution in [2.75, 3.05) is 12.4 Å². The number of carbonyl (C=O) groups is 1. The maximum Gasteiger partial charge on any atom is 0.229 e. The molecule has 2 aromatic carbocycles. The van der Waals surface area contributed by atoms with Gasteiger partial charge in [0.1, 0.15) is 11.4 Å². The molecule has 4 atom stereocenters. The molecule has 1 aromatic heterocycles. The molecule has 3 aromatic rings. The number of amides is 1. The SMILES string of the molecule is COc1ccc(NC(=O)[C@@H](C)[C@@H]2CC[C@H](C[C@@H](C)n3cc(-c4ccccc4)nn3)O2)cc1. The molecule has 1 aliphatic heterocycles. The maximum atomic E-state index is 12.7. The molecule has 0 aliphatic carbocycles. The second kappa shape index (κ2) is 9.96. The molecule has 1 fully saturated rings. The van der Waals surface area contributed by atoms with Gasteiger partial charge in [-0.25, -0.2) is 4.68 Å². The van der Waals surface area contributed by atoms with Gasteiger partial charge in [0.2, 0.25) is 5.91 Å². The Labute approximate surface area is 188 Å². The van der Waals surface area contributed by atoms with Crippen molar-refractivity contribution in [1.82, 2.24) is 15.0 Å². The molecule has 7 nitrogen and oxygen atoms in total. The number of methoxy groups -OCH3 is 1. The Kier molecular flexibility index (Phi) is 6.85. The smallest absolute Gasteiger partial charge is 0.229 e. The molecule has 1 aliphatic rings. The van der Waals surface area contributed by atoms with Gasteiger partial charge in [0.15, 0.2) is 0 Å². The first-order valence-corrected chi connectivity index (χ1v) is 11.1. The molecule has 0 saturated carbocycles. The highest BCUT2D eigenvalue weighted by Gasteiger charge is 2.34. The minimum absolute atomic E-state index is 0.0300. The second-order valence-corrected chi connectivity index (χ2v) is 8.41. The summed E-state index contributed by atoms with van der Waals surface area (Å²) in [7, 11) is 1.62. The molecule has 1 saturated heterocycles. The standard InChI is InChI=1S/C25H30N4O3/c1-17(29-16-23(27-28-29)19-7-5-4-6-8-19)15-22-13-14-24(32-22)18(2)25(30)26-20-9-11-21(31-3)12-10-20/h4-12,16-18,22,24H,13-15H2,1-3H3,(H,26,30)/t17-,18+,22-,24+/m1/s1. The zero-order valence-corrected chi connectivity index (χ0v) is 18.8. The van der Waals surface area contributed by atoms with Crippen molar-refractivity contribution in [3.63, 3.8) is 0 Å². The Morgan fingerprint density at radius 1 is 1.16 bits per heavy atom. The van der Waals surface area contributed by atoms with Gasteiger partial charge in [0.25, 0.3) is 0 Å². The van der Waals surface area contributed by atoms with E-state index in [1.165, 1.54) is 0 Å². The van der Waals surface area contributed by atoms with Crippen molar-refractivity contribution in [3.05, 3.63) is 60.8 Å². The third-order valence-electron chi connectivity index (χ3n) is 6.10. The van der Waals surface area contributed by atoms with E-state index < -0.39 is 0 Å². The van der Waals surface area contributed by atoms with Gasteiger partial charge >= 0.3 is 0 Å². The Morgan fingerprint density at radius 3 is 2.62 bits per heavy atom. The molecule has 4 rings (SSSR count). The summed E-state index contributed by atoms with van der Waals surface area (Å²) < 4.78 is 13.3. The first kappa shape index (κ1) is 22.0. The third-order valence-corrected chi connectivity index (χ3v) is 6.10. The normalized spacial score (nSPS) is 20.0. The fourth-order valence-corrected chi connectivity index (χ4v) is 4.10. The van der Waals surface area contributed by atoms with E-state index in [1.54, 1.807) is 7.11 Å². The largest absolute Gasteiger partial charge is 0.497 e. The van der Waals surface area contributed by atoms with Gasteiger partial charge in [-0.05, 0) is 50.5 Å². The predicted octanol–water partition coefficient (Wildman–Crippen LogP) is 4.73. The zero-order chi connectivity index (χ0) is 22.5. The molecule has 2 heterocycles. The average molecular weight is 435 g/mol. The van der Waals surface area contributed by atoms with Gasteiger partial charge in [-0.1, -0.05) is 42.5 Å². The highest BCUT2D eigenvalue weighted by atomic mass is 16.5. The van der Waals surface area contributed by atoms with Crippen LogP contribution in [0.4, 0.5) is 5.69 Å². The zero-order valence-electron chi connectivity index (χ0n) is 18.8. The number of nitrogens with zero attached hydrogens (tertiary/aromatic N) is 3. The molecule has 1 N–H and O–H groups in total. The fraction of sp³-hybridized carbons (Fsp3) is 0.400. The lowest BCUT2D eigenvalue weighted by Crippen LogP contribution is -2.31. The number of anilines is 1. The van der Waals surface area contributed by atoms with E-state index in [-0.39, 0.29) is 30.1 Å². The van der Waals surface area contributed by atoms with E-state index in [2.05, 4.69) is 22.6 Å². The van der Waals surface area contributed by atoms with Crippen LogP contribution in [-0.4, -0.2) is 40.2 Å². The van der Waals surface area contributed by atoms with Crippen LogP contribution in [0.2, 0.25) is 0 Å². The van der Waals surface area contributed by atoms with E-state index in [1.807, 2.05) is 72.4 Å². The van der Waals surface area contributed by atoms with E-state index >= 15 is 0 Å². The van der Waals surface area contributed by atoms with Crippen LogP contribution in [0.25, 0.3) is 11.3 Å². The fourth-order valence-electron chi connectivity index (χ4n) is 4.10. The maximum absolute atomic E-state index is 12.7. The molecule has 7 heteroatoms. The highest BCUT2D eigenvalue weighted by molar-refractivity contribution is 5.92.